The number of rotatable bonds is 6. The van der Waals surface area contributed by atoms with Crippen LogP contribution in [0.15, 0.2) is 39.7 Å². The molecule has 5 rings (SSSR count). The number of sulfonamides is 1. The highest BCUT2D eigenvalue weighted by Gasteiger charge is 2.53. The Balaban J connectivity index is 1.57. The molecule has 7 nitrogen and oxygen atoms in total. The van der Waals surface area contributed by atoms with E-state index in [0.717, 1.165) is 56.3 Å². The number of methoxy groups -OCH3 is 1. The van der Waals surface area contributed by atoms with Crippen LogP contribution < -0.4 is 14.2 Å². The van der Waals surface area contributed by atoms with Crippen molar-refractivity contribution in [2.24, 2.45) is 0 Å². The number of hydrogen-bond acceptors (Lipinski definition) is 6. The van der Waals surface area contributed by atoms with Crippen LogP contribution in [0, 0.1) is 0 Å². The van der Waals surface area contributed by atoms with Gasteiger partial charge in [-0.15, -0.1) is 0 Å². The normalized spacial score (nSPS) is 20.1. The molecule has 1 saturated carbocycles. The number of benzene rings is 2. The van der Waals surface area contributed by atoms with Gasteiger partial charge in [0.15, 0.2) is 0 Å². The maximum absolute atomic E-state index is 13.4. The summed E-state index contributed by atoms with van der Waals surface area (Å²) in [4.78, 5) is 15.5. The maximum Gasteiger partial charge on any atom is 0.265 e. The van der Waals surface area contributed by atoms with Gasteiger partial charge in [-0.05, 0) is 66.4 Å². The molecule has 182 valence electrons. The molecular formula is C25H29BrN2O5S. The van der Waals surface area contributed by atoms with Crippen LogP contribution in [0.4, 0.5) is 5.69 Å². The van der Waals surface area contributed by atoms with Crippen molar-refractivity contribution >= 4 is 37.4 Å². The Morgan fingerprint density at radius 3 is 2.50 bits per heavy atom. The molecule has 1 spiro atoms. The fourth-order valence-electron chi connectivity index (χ4n) is 5.38. The lowest BCUT2D eigenvalue weighted by atomic mass is 9.64. The molecule has 1 saturated heterocycles. The second-order valence-corrected chi connectivity index (χ2v) is 11.9. The highest BCUT2D eigenvalue weighted by molar-refractivity contribution is 9.10. The number of carbonyl (C=O) groups excluding carboxylic acids is 1. The van der Waals surface area contributed by atoms with Crippen LogP contribution in [-0.2, 0) is 26.7 Å². The van der Waals surface area contributed by atoms with Gasteiger partial charge in [0.05, 0.1) is 18.2 Å². The average Bonchev–Trinajstić information content (AvgIpc) is 3.12. The first-order chi connectivity index (χ1) is 16.2. The van der Waals surface area contributed by atoms with Gasteiger partial charge in [-0.1, -0.05) is 18.6 Å². The first-order valence-electron chi connectivity index (χ1n) is 11.7. The summed E-state index contributed by atoms with van der Waals surface area (Å²) >= 11 is 3.67. The Hall–Kier alpha value is -2.10. The number of nitrogens with zero attached hydrogens (tertiary/aromatic N) is 1. The predicted molar refractivity (Wildman–Crippen MR) is 133 cm³/mol. The maximum atomic E-state index is 13.4. The number of anilines is 1. The molecule has 34 heavy (non-hydrogen) atoms. The van der Waals surface area contributed by atoms with Crippen molar-refractivity contribution in [2.45, 2.75) is 54.9 Å². The van der Waals surface area contributed by atoms with E-state index in [2.05, 4.69) is 32.6 Å². The van der Waals surface area contributed by atoms with E-state index in [9.17, 15) is 13.2 Å². The highest BCUT2D eigenvalue weighted by atomic mass is 79.9. The Morgan fingerprint density at radius 2 is 1.85 bits per heavy atom. The smallest absolute Gasteiger partial charge is 0.265 e. The molecule has 0 unspecified atom stereocenters. The number of Topliss-reactive ketones (excluding diaryl/α,β-unsaturated/α-hetero) is 1. The van der Waals surface area contributed by atoms with Crippen molar-refractivity contribution in [1.82, 2.24) is 4.90 Å². The zero-order valence-electron chi connectivity index (χ0n) is 19.4. The number of carbonyl (C=O) groups is 1. The van der Waals surface area contributed by atoms with Crippen LogP contribution in [0.3, 0.4) is 0 Å². The summed E-state index contributed by atoms with van der Waals surface area (Å²) < 4.78 is 41.8. The van der Waals surface area contributed by atoms with Gasteiger partial charge in [-0.3, -0.25) is 9.52 Å². The topological polar surface area (TPSA) is 84.9 Å². The number of hydrogen-bond donors (Lipinski definition) is 1. The summed E-state index contributed by atoms with van der Waals surface area (Å²) in [5, 5.41) is 0. The molecule has 0 radical (unpaired) electrons. The fourth-order valence-corrected chi connectivity index (χ4v) is 7.57. The van der Waals surface area contributed by atoms with Gasteiger partial charge in [-0.25, -0.2) is 8.42 Å². The summed E-state index contributed by atoms with van der Waals surface area (Å²) in [7, 11) is -0.407. The lowest BCUT2D eigenvalue weighted by Gasteiger charge is -2.38. The number of piperidine rings is 1. The zero-order valence-corrected chi connectivity index (χ0v) is 21.8. The summed E-state index contributed by atoms with van der Waals surface area (Å²) in [5.74, 6) is 1.08. The third-order valence-corrected chi connectivity index (χ3v) is 9.68. The van der Waals surface area contributed by atoms with Crippen LogP contribution in [0.1, 0.15) is 43.2 Å². The molecule has 1 heterocycles. The minimum atomic E-state index is -3.94. The van der Waals surface area contributed by atoms with Crippen molar-refractivity contribution < 1.29 is 22.7 Å². The summed E-state index contributed by atoms with van der Waals surface area (Å²) in [6.45, 7) is 1.89. The standard InChI is InChI=1S/C25H29BrN2O5S/c1-28-12-8-16(9-13-28)33-20-15-18(27-34(30,31)21-7-4-3-6-19(21)32-2)24(26)23-17(20)14-22(29)25(23)10-5-11-25/h3-4,6-7,15-16,27H,5,8-14H2,1-2H3. The quantitative estimate of drug-likeness (QED) is 0.579. The Labute approximate surface area is 209 Å². The minimum Gasteiger partial charge on any atom is -0.495 e. The number of nitrogens with one attached hydrogen (secondary N) is 1. The van der Waals surface area contributed by atoms with E-state index in [4.69, 9.17) is 9.47 Å². The average molecular weight is 549 g/mol. The molecule has 1 N–H and O–H groups in total. The largest absolute Gasteiger partial charge is 0.495 e. The van der Waals surface area contributed by atoms with E-state index in [0.29, 0.717) is 22.3 Å². The van der Waals surface area contributed by atoms with Crippen molar-refractivity contribution in [3.8, 4) is 11.5 Å². The van der Waals surface area contributed by atoms with Gasteiger partial charge in [0.25, 0.3) is 10.0 Å². The minimum absolute atomic E-state index is 0.0354. The summed E-state index contributed by atoms with van der Waals surface area (Å²) in [6.07, 6.45) is 4.70. The Kier molecular flexibility index (Phi) is 6.14. The van der Waals surface area contributed by atoms with E-state index in [1.165, 1.54) is 13.2 Å². The van der Waals surface area contributed by atoms with Crippen LogP contribution in [-0.4, -0.2) is 52.5 Å². The Morgan fingerprint density at radius 1 is 1.15 bits per heavy atom. The molecule has 2 aliphatic carbocycles. The van der Waals surface area contributed by atoms with Crippen LogP contribution >= 0.6 is 15.9 Å². The van der Waals surface area contributed by atoms with Crippen molar-refractivity contribution in [2.75, 3.05) is 32.0 Å². The second kappa shape index (κ2) is 8.84. The monoisotopic (exact) mass is 548 g/mol. The van der Waals surface area contributed by atoms with E-state index < -0.39 is 15.4 Å². The van der Waals surface area contributed by atoms with Crippen molar-refractivity contribution in [1.29, 1.82) is 0 Å². The van der Waals surface area contributed by atoms with E-state index in [-0.39, 0.29) is 22.5 Å². The molecule has 3 aliphatic rings. The Bertz CT molecular complexity index is 1230. The number of likely N-dealkylation sites (tertiary alicyclic amines) is 1. The van der Waals surface area contributed by atoms with Gasteiger partial charge in [-0.2, -0.15) is 0 Å². The van der Waals surface area contributed by atoms with Gasteiger partial charge >= 0.3 is 0 Å². The number of halogens is 1. The molecule has 0 amide bonds. The first kappa shape index (κ1) is 23.6. The first-order valence-corrected chi connectivity index (χ1v) is 13.9. The van der Waals surface area contributed by atoms with Crippen LogP contribution in [0.2, 0.25) is 0 Å². The molecule has 2 aromatic carbocycles. The number of ketones is 1. The lowest BCUT2D eigenvalue weighted by Crippen LogP contribution is -2.39. The van der Waals surface area contributed by atoms with Crippen molar-refractivity contribution in [3.05, 3.63) is 45.9 Å². The fraction of sp³-hybridized carbons (Fsp3) is 0.480. The van der Waals surface area contributed by atoms with Crippen LogP contribution in [0.5, 0.6) is 11.5 Å². The molecule has 2 aromatic rings. The van der Waals surface area contributed by atoms with Gasteiger partial charge < -0.3 is 14.4 Å². The summed E-state index contributed by atoms with van der Waals surface area (Å²) in [5.41, 5.74) is 1.64. The van der Waals surface area contributed by atoms with Gasteiger partial charge in [0, 0.05) is 35.6 Å². The molecule has 0 bridgehead atoms. The molecule has 2 fully saturated rings. The van der Waals surface area contributed by atoms with E-state index in [1.807, 2.05) is 0 Å². The molecule has 1 aliphatic heterocycles. The molecule has 0 aromatic heterocycles. The van der Waals surface area contributed by atoms with Crippen LogP contribution in [0.25, 0.3) is 0 Å². The van der Waals surface area contributed by atoms with Gasteiger partial charge in [0.2, 0.25) is 0 Å². The SMILES string of the molecule is COc1ccccc1S(=O)(=O)Nc1cc(OC2CCN(C)CC2)c2c(c1Br)C1(CCC1)C(=O)C2. The van der Waals surface area contributed by atoms with E-state index in [1.54, 1.807) is 24.3 Å². The third-order valence-electron chi connectivity index (χ3n) is 7.45. The predicted octanol–water partition coefficient (Wildman–Crippen LogP) is 4.28. The zero-order chi connectivity index (χ0) is 24.1. The summed E-state index contributed by atoms with van der Waals surface area (Å²) in [6, 6.07) is 8.24. The lowest BCUT2D eigenvalue weighted by molar-refractivity contribution is -0.125. The molecule has 9 heteroatoms. The van der Waals surface area contributed by atoms with Gasteiger partial charge in [0.1, 0.15) is 28.3 Å². The third kappa shape index (κ3) is 3.91. The number of ether oxygens (including phenoxy) is 2. The van der Waals surface area contributed by atoms with E-state index >= 15 is 0 Å². The second-order valence-electron chi connectivity index (χ2n) is 9.50. The molecular weight excluding hydrogens is 520 g/mol. The van der Waals surface area contributed by atoms with Crippen molar-refractivity contribution in [3.63, 3.8) is 0 Å². The number of fused-ring (bicyclic) bond motifs is 2. The highest BCUT2D eigenvalue weighted by Crippen LogP contribution is 2.56. The molecule has 0 atom stereocenters. The number of para-hydroxylation sites is 1.